The molecule has 1 unspecified atom stereocenters. The molecule has 2 aliphatic heterocycles. The topological polar surface area (TPSA) is 52.6 Å². The number of piperazine rings is 1. The van der Waals surface area contributed by atoms with Gasteiger partial charge < -0.3 is 24.6 Å². The first-order valence-electron chi connectivity index (χ1n) is 11.3. The fourth-order valence-electron chi connectivity index (χ4n) is 4.34. The Labute approximate surface area is 205 Å². The number of nitrogens with zero attached hydrogens (tertiary/aromatic N) is 4. The van der Waals surface area contributed by atoms with E-state index in [-0.39, 0.29) is 24.0 Å². The molecule has 7 nitrogen and oxygen atoms in total. The van der Waals surface area contributed by atoms with E-state index in [1.165, 1.54) is 24.2 Å². The van der Waals surface area contributed by atoms with Gasteiger partial charge in [-0.3, -0.25) is 9.89 Å². The van der Waals surface area contributed by atoms with Gasteiger partial charge in [-0.1, -0.05) is 6.92 Å². The predicted molar refractivity (Wildman–Crippen MR) is 138 cm³/mol. The zero-order chi connectivity index (χ0) is 21.5. The highest BCUT2D eigenvalue weighted by molar-refractivity contribution is 14.0. The predicted octanol–water partition coefficient (Wildman–Crippen LogP) is 2.67. The van der Waals surface area contributed by atoms with E-state index in [9.17, 15) is 0 Å². The standard InChI is InChI=1S/C23H39N5O2.HI/c1-6-24-23(25-16-18(3)27-12-10-26(7-2)11-13-27)28-9-8-19-14-21(29-4)22(30-5)15-20(19)17-28;/h14-15,18H,6-13,16-17H2,1-5H3,(H,24,25);1H. The summed E-state index contributed by atoms with van der Waals surface area (Å²) in [4.78, 5) is 12.5. The molecule has 1 N–H and O–H groups in total. The highest BCUT2D eigenvalue weighted by Crippen LogP contribution is 2.33. The lowest BCUT2D eigenvalue weighted by Crippen LogP contribution is -2.50. The van der Waals surface area contributed by atoms with Crippen LogP contribution in [0, 0.1) is 0 Å². The monoisotopic (exact) mass is 545 g/mol. The van der Waals surface area contributed by atoms with E-state index in [1.807, 2.05) is 0 Å². The Morgan fingerprint density at radius 3 is 2.26 bits per heavy atom. The van der Waals surface area contributed by atoms with Gasteiger partial charge in [-0.2, -0.15) is 0 Å². The zero-order valence-electron chi connectivity index (χ0n) is 19.8. The van der Waals surface area contributed by atoms with Crippen molar-refractivity contribution >= 4 is 29.9 Å². The number of aliphatic imine (C=N–C) groups is 1. The highest BCUT2D eigenvalue weighted by Gasteiger charge is 2.23. The number of guanidine groups is 1. The van der Waals surface area contributed by atoms with Crippen LogP contribution in [0.15, 0.2) is 17.1 Å². The van der Waals surface area contributed by atoms with Crippen molar-refractivity contribution in [1.82, 2.24) is 20.0 Å². The van der Waals surface area contributed by atoms with E-state index in [1.54, 1.807) is 14.2 Å². The molecule has 3 rings (SSSR count). The second-order valence-corrected chi connectivity index (χ2v) is 8.16. The van der Waals surface area contributed by atoms with Crippen molar-refractivity contribution in [2.24, 2.45) is 4.99 Å². The molecule has 0 bridgehead atoms. The largest absolute Gasteiger partial charge is 0.493 e. The third-order valence-corrected chi connectivity index (χ3v) is 6.34. The van der Waals surface area contributed by atoms with E-state index >= 15 is 0 Å². The minimum Gasteiger partial charge on any atom is -0.493 e. The van der Waals surface area contributed by atoms with E-state index < -0.39 is 0 Å². The van der Waals surface area contributed by atoms with Gasteiger partial charge in [-0.25, -0.2) is 0 Å². The first-order chi connectivity index (χ1) is 14.6. The third kappa shape index (κ3) is 6.61. The summed E-state index contributed by atoms with van der Waals surface area (Å²) in [5, 5.41) is 3.50. The lowest BCUT2D eigenvalue weighted by Gasteiger charge is -2.37. The maximum atomic E-state index is 5.51. The molecule has 31 heavy (non-hydrogen) atoms. The fourth-order valence-corrected chi connectivity index (χ4v) is 4.34. The van der Waals surface area contributed by atoms with Crippen molar-refractivity contribution in [1.29, 1.82) is 0 Å². The van der Waals surface area contributed by atoms with E-state index in [2.05, 4.69) is 52.9 Å². The normalized spacial score (nSPS) is 18.7. The van der Waals surface area contributed by atoms with Crippen molar-refractivity contribution in [3.63, 3.8) is 0 Å². The maximum absolute atomic E-state index is 5.51. The molecule has 2 aliphatic rings. The Morgan fingerprint density at radius 1 is 1.03 bits per heavy atom. The molecule has 1 saturated heterocycles. The number of benzene rings is 1. The number of methoxy groups -OCH3 is 2. The summed E-state index contributed by atoms with van der Waals surface area (Å²) >= 11 is 0. The molecule has 0 saturated carbocycles. The molecule has 1 aromatic rings. The van der Waals surface area contributed by atoms with Crippen molar-refractivity contribution in [3.8, 4) is 11.5 Å². The van der Waals surface area contributed by atoms with Crippen LogP contribution < -0.4 is 14.8 Å². The van der Waals surface area contributed by atoms with Crippen LogP contribution >= 0.6 is 24.0 Å². The quantitative estimate of drug-likeness (QED) is 0.323. The molecular weight excluding hydrogens is 505 g/mol. The molecule has 1 aromatic carbocycles. The summed E-state index contributed by atoms with van der Waals surface area (Å²) in [6.07, 6.45) is 0.981. The lowest BCUT2D eigenvalue weighted by molar-refractivity contribution is 0.109. The number of hydrogen-bond donors (Lipinski definition) is 1. The highest BCUT2D eigenvalue weighted by atomic mass is 127. The van der Waals surface area contributed by atoms with Crippen LogP contribution in [0.2, 0.25) is 0 Å². The minimum atomic E-state index is 0. The third-order valence-electron chi connectivity index (χ3n) is 6.34. The summed E-state index contributed by atoms with van der Waals surface area (Å²) in [7, 11) is 3.39. The SMILES string of the molecule is CCNC(=NCC(C)N1CCN(CC)CC1)N1CCc2cc(OC)c(OC)cc2C1.I. The van der Waals surface area contributed by atoms with Crippen LogP contribution in [-0.2, 0) is 13.0 Å². The van der Waals surface area contributed by atoms with Gasteiger partial charge in [0.15, 0.2) is 17.5 Å². The van der Waals surface area contributed by atoms with Crippen LogP contribution in [0.5, 0.6) is 11.5 Å². The zero-order valence-corrected chi connectivity index (χ0v) is 22.1. The Hall–Kier alpha value is -1.26. The first kappa shape index (κ1) is 26.0. The molecule has 176 valence electrons. The number of rotatable bonds is 7. The Kier molecular flexibility index (Phi) is 10.6. The van der Waals surface area contributed by atoms with E-state index in [4.69, 9.17) is 14.5 Å². The number of ether oxygens (including phenoxy) is 2. The first-order valence-corrected chi connectivity index (χ1v) is 11.3. The van der Waals surface area contributed by atoms with Gasteiger partial charge in [-0.15, -0.1) is 24.0 Å². The van der Waals surface area contributed by atoms with E-state index in [0.717, 1.165) is 69.7 Å². The van der Waals surface area contributed by atoms with Crippen LogP contribution in [0.25, 0.3) is 0 Å². The summed E-state index contributed by atoms with van der Waals surface area (Å²) in [6.45, 7) is 15.9. The van der Waals surface area contributed by atoms with Crippen LogP contribution in [0.3, 0.4) is 0 Å². The maximum Gasteiger partial charge on any atom is 0.194 e. The lowest BCUT2D eigenvalue weighted by atomic mass is 9.99. The van der Waals surface area contributed by atoms with E-state index in [0.29, 0.717) is 6.04 Å². The molecule has 0 aromatic heterocycles. The van der Waals surface area contributed by atoms with Gasteiger partial charge in [0, 0.05) is 51.9 Å². The molecule has 0 amide bonds. The molecule has 2 heterocycles. The van der Waals surface area contributed by atoms with Gasteiger partial charge in [0.2, 0.25) is 0 Å². The summed E-state index contributed by atoms with van der Waals surface area (Å²) < 4.78 is 11.0. The minimum absolute atomic E-state index is 0. The van der Waals surface area contributed by atoms with Crippen LogP contribution in [0.4, 0.5) is 0 Å². The Morgan fingerprint density at radius 2 is 1.68 bits per heavy atom. The molecular formula is C23H40IN5O2. The van der Waals surface area contributed by atoms with Crippen molar-refractivity contribution < 1.29 is 9.47 Å². The molecule has 1 fully saturated rings. The van der Waals surface area contributed by atoms with Gasteiger partial charge in [0.05, 0.1) is 20.8 Å². The number of hydrogen-bond acceptors (Lipinski definition) is 5. The van der Waals surface area contributed by atoms with Crippen LogP contribution in [-0.4, -0.2) is 93.3 Å². The van der Waals surface area contributed by atoms with Crippen molar-refractivity contribution in [2.45, 2.75) is 39.8 Å². The van der Waals surface area contributed by atoms with Gasteiger partial charge in [0.1, 0.15) is 0 Å². The molecule has 1 atom stereocenters. The average Bonchev–Trinajstić information content (AvgIpc) is 2.80. The number of nitrogens with one attached hydrogen (secondary N) is 1. The molecule has 0 radical (unpaired) electrons. The average molecular weight is 546 g/mol. The van der Waals surface area contributed by atoms with Crippen LogP contribution in [0.1, 0.15) is 31.9 Å². The van der Waals surface area contributed by atoms with Gasteiger partial charge in [0.25, 0.3) is 0 Å². The summed E-state index contributed by atoms with van der Waals surface area (Å²) in [5.74, 6) is 2.61. The van der Waals surface area contributed by atoms with Crippen molar-refractivity contribution in [3.05, 3.63) is 23.3 Å². The van der Waals surface area contributed by atoms with Gasteiger partial charge in [-0.05, 0) is 50.1 Å². The number of likely N-dealkylation sites (N-methyl/N-ethyl adjacent to an activating group) is 1. The summed E-state index contributed by atoms with van der Waals surface area (Å²) in [6, 6.07) is 4.69. The number of fused-ring (bicyclic) bond motifs is 1. The summed E-state index contributed by atoms with van der Waals surface area (Å²) in [5.41, 5.74) is 2.62. The fraction of sp³-hybridized carbons (Fsp3) is 0.696. The smallest absolute Gasteiger partial charge is 0.194 e. The van der Waals surface area contributed by atoms with Crippen molar-refractivity contribution in [2.75, 3.05) is 66.6 Å². The molecule has 8 heteroatoms. The Balaban J connectivity index is 0.00000341. The molecule has 0 spiro atoms. The molecule has 0 aliphatic carbocycles. The second kappa shape index (κ2) is 12.7. The second-order valence-electron chi connectivity index (χ2n) is 8.16. The number of halogens is 1. The van der Waals surface area contributed by atoms with Gasteiger partial charge >= 0.3 is 0 Å². The Bertz CT molecular complexity index is 722.